The van der Waals surface area contributed by atoms with Crippen LogP contribution in [0.2, 0.25) is 0 Å². The average Bonchev–Trinajstić information content (AvgIpc) is 2.25. The highest BCUT2D eigenvalue weighted by atomic mass is 16.5. The first-order valence-corrected chi connectivity index (χ1v) is 5.71. The van der Waals surface area contributed by atoms with E-state index in [0.717, 1.165) is 25.7 Å². The van der Waals surface area contributed by atoms with Crippen molar-refractivity contribution in [1.82, 2.24) is 0 Å². The van der Waals surface area contributed by atoms with E-state index in [4.69, 9.17) is 4.74 Å². The standard InChI is InChI=1S/C12H24O2/c1-6-10(7-2)12(8-3,9-4)11(13)14-5/h10H,6-9H2,1-5H3. The van der Waals surface area contributed by atoms with E-state index in [1.807, 2.05) is 0 Å². The lowest BCUT2D eigenvalue weighted by atomic mass is 9.69. The Kier molecular flexibility index (Phi) is 5.82. The first-order valence-electron chi connectivity index (χ1n) is 5.71. The summed E-state index contributed by atoms with van der Waals surface area (Å²) >= 11 is 0. The predicted octanol–water partition coefficient (Wildman–Crippen LogP) is 3.40. The molecule has 0 fully saturated rings. The number of carbonyl (C=O) groups excluding carboxylic acids is 1. The van der Waals surface area contributed by atoms with Gasteiger partial charge in [0.1, 0.15) is 0 Å². The number of methoxy groups -OCH3 is 1. The molecule has 2 nitrogen and oxygen atoms in total. The lowest BCUT2D eigenvalue weighted by Crippen LogP contribution is -2.38. The van der Waals surface area contributed by atoms with Gasteiger partial charge in [-0.25, -0.2) is 0 Å². The Morgan fingerprint density at radius 1 is 1.14 bits per heavy atom. The first-order chi connectivity index (χ1) is 6.62. The summed E-state index contributed by atoms with van der Waals surface area (Å²) in [6, 6.07) is 0. The zero-order chi connectivity index (χ0) is 11.2. The fourth-order valence-corrected chi connectivity index (χ4v) is 2.56. The van der Waals surface area contributed by atoms with Gasteiger partial charge in [0.25, 0.3) is 0 Å². The SMILES string of the molecule is CCC(CC)C(CC)(CC)C(=O)OC. The molecule has 0 bridgehead atoms. The van der Waals surface area contributed by atoms with Crippen LogP contribution < -0.4 is 0 Å². The molecule has 2 heteroatoms. The summed E-state index contributed by atoms with van der Waals surface area (Å²) in [6.45, 7) is 8.46. The Labute approximate surface area is 88.0 Å². The molecule has 0 aliphatic heterocycles. The van der Waals surface area contributed by atoms with Gasteiger partial charge in [-0.2, -0.15) is 0 Å². The number of ether oxygens (including phenoxy) is 1. The van der Waals surface area contributed by atoms with Crippen molar-refractivity contribution in [3.05, 3.63) is 0 Å². The van der Waals surface area contributed by atoms with Crippen molar-refractivity contribution in [1.29, 1.82) is 0 Å². The van der Waals surface area contributed by atoms with E-state index in [1.165, 1.54) is 7.11 Å². The van der Waals surface area contributed by atoms with E-state index < -0.39 is 0 Å². The van der Waals surface area contributed by atoms with Crippen molar-refractivity contribution in [2.24, 2.45) is 11.3 Å². The summed E-state index contributed by atoms with van der Waals surface area (Å²) in [7, 11) is 1.49. The number of esters is 1. The monoisotopic (exact) mass is 200 g/mol. The molecule has 0 spiro atoms. The van der Waals surface area contributed by atoms with Crippen LogP contribution in [0.25, 0.3) is 0 Å². The van der Waals surface area contributed by atoms with Crippen LogP contribution in [-0.2, 0) is 9.53 Å². The minimum atomic E-state index is -0.252. The zero-order valence-corrected chi connectivity index (χ0v) is 10.2. The smallest absolute Gasteiger partial charge is 0.312 e. The van der Waals surface area contributed by atoms with Crippen molar-refractivity contribution < 1.29 is 9.53 Å². The highest BCUT2D eigenvalue weighted by molar-refractivity contribution is 5.77. The van der Waals surface area contributed by atoms with E-state index in [0.29, 0.717) is 5.92 Å². The number of rotatable bonds is 6. The second-order valence-electron chi connectivity index (χ2n) is 3.87. The largest absolute Gasteiger partial charge is 0.469 e. The summed E-state index contributed by atoms with van der Waals surface area (Å²) in [6.07, 6.45) is 3.85. The molecule has 0 saturated heterocycles. The summed E-state index contributed by atoms with van der Waals surface area (Å²) < 4.78 is 4.94. The quantitative estimate of drug-likeness (QED) is 0.614. The molecule has 0 heterocycles. The van der Waals surface area contributed by atoms with Crippen LogP contribution in [0, 0.1) is 11.3 Å². The maximum absolute atomic E-state index is 11.8. The summed E-state index contributed by atoms with van der Waals surface area (Å²) in [4.78, 5) is 11.8. The number of carbonyl (C=O) groups is 1. The van der Waals surface area contributed by atoms with Crippen molar-refractivity contribution in [2.45, 2.75) is 53.4 Å². The predicted molar refractivity (Wildman–Crippen MR) is 59.1 cm³/mol. The Balaban J connectivity index is 4.93. The molecule has 0 aromatic rings. The van der Waals surface area contributed by atoms with Gasteiger partial charge < -0.3 is 4.74 Å². The molecular weight excluding hydrogens is 176 g/mol. The minimum absolute atomic E-state index is 0.0313. The third-order valence-electron chi connectivity index (χ3n) is 3.62. The van der Waals surface area contributed by atoms with Gasteiger partial charge >= 0.3 is 5.97 Å². The van der Waals surface area contributed by atoms with E-state index in [-0.39, 0.29) is 11.4 Å². The minimum Gasteiger partial charge on any atom is -0.469 e. The second-order valence-corrected chi connectivity index (χ2v) is 3.87. The van der Waals surface area contributed by atoms with Crippen LogP contribution >= 0.6 is 0 Å². The highest BCUT2D eigenvalue weighted by Gasteiger charge is 2.41. The van der Waals surface area contributed by atoms with E-state index >= 15 is 0 Å². The van der Waals surface area contributed by atoms with Crippen LogP contribution in [0.1, 0.15) is 53.4 Å². The van der Waals surface area contributed by atoms with Gasteiger partial charge in [0.15, 0.2) is 0 Å². The maximum Gasteiger partial charge on any atom is 0.312 e. The summed E-state index contributed by atoms with van der Waals surface area (Å²) in [5.74, 6) is 0.418. The number of hydrogen-bond acceptors (Lipinski definition) is 2. The molecule has 0 atom stereocenters. The molecule has 0 aromatic carbocycles. The van der Waals surface area contributed by atoms with Gasteiger partial charge in [0.05, 0.1) is 12.5 Å². The zero-order valence-electron chi connectivity index (χ0n) is 10.2. The van der Waals surface area contributed by atoms with Crippen molar-refractivity contribution in [3.63, 3.8) is 0 Å². The lowest BCUT2D eigenvalue weighted by Gasteiger charge is -2.36. The fraction of sp³-hybridized carbons (Fsp3) is 0.917. The lowest BCUT2D eigenvalue weighted by molar-refractivity contribution is -0.157. The van der Waals surface area contributed by atoms with E-state index in [1.54, 1.807) is 0 Å². The topological polar surface area (TPSA) is 26.3 Å². The van der Waals surface area contributed by atoms with Gasteiger partial charge in [-0.3, -0.25) is 4.79 Å². The van der Waals surface area contributed by atoms with Crippen LogP contribution in [0.4, 0.5) is 0 Å². The molecule has 0 rings (SSSR count). The molecule has 0 aromatic heterocycles. The molecule has 0 N–H and O–H groups in total. The average molecular weight is 200 g/mol. The Hall–Kier alpha value is -0.530. The van der Waals surface area contributed by atoms with E-state index in [2.05, 4.69) is 27.7 Å². The van der Waals surface area contributed by atoms with Crippen LogP contribution in [0.5, 0.6) is 0 Å². The van der Waals surface area contributed by atoms with Gasteiger partial charge in [-0.05, 0) is 18.8 Å². The van der Waals surface area contributed by atoms with E-state index in [9.17, 15) is 4.79 Å². The molecule has 0 aliphatic rings. The Morgan fingerprint density at radius 2 is 1.57 bits per heavy atom. The van der Waals surface area contributed by atoms with Gasteiger partial charge in [-0.15, -0.1) is 0 Å². The molecular formula is C12H24O2. The second kappa shape index (κ2) is 6.05. The molecule has 0 radical (unpaired) electrons. The summed E-state index contributed by atoms with van der Waals surface area (Å²) in [5, 5.41) is 0. The van der Waals surface area contributed by atoms with Crippen LogP contribution in [0.3, 0.4) is 0 Å². The van der Waals surface area contributed by atoms with Crippen LogP contribution in [-0.4, -0.2) is 13.1 Å². The molecule has 14 heavy (non-hydrogen) atoms. The van der Waals surface area contributed by atoms with Gasteiger partial charge in [0, 0.05) is 0 Å². The molecule has 0 saturated carbocycles. The van der Waals surface area contributed by atoms with Gasteiger partial charge in [-0.1, -0.05) is 40.5 Å². The third-order valence-corrected chi connectivity index (χ3v) is 3.62. The van der Waals surface area contributed by atoms with Crippen molar-refractivity contribution in [3.8, 4) is 0 Å². The van der Waals surface area contributed by atoms with Crippen LogP contribution in [0.15, 0.2) is 0 Å². The summed E-state index contributed by atoms with van der Waals surface area (Å²) in [5.41, 5.74) is -0.252. The Morgan fingerprint density at radius 3 is 1.79 bits per heavy atom. The molecule has 84 valence electrons. The van der Waals surface area contributed by atoms with Gasteiger partial charge in [0.2, 0.25) is 0 Å². The molecule has 0 unspecified atom stereocenters. The molecule has 0 amide bonds. The molecule has 0 aliphatic carbocycles. The fourth-order valence-electron chi connectivity index (χ4n) is 2.56. The third kappa shape index (κ3) is 2.28. The maximum atomic E-state index is 11.8. The number of hydrogen-bond donors (Lipinski definition) is 0. The highest BCUT2D eigenvalue weighted by Crippen LogP contribution is 2.40. The Bertz CT molecular complexity index is 167. The first kappa shape index (κ1) is 13.5. The van der Waals surface area contributed by atoms with Crippen molar-refractivity contribution in [2.75, 3.05) is 7.11 Å². The normalized spacial score (nSPS) is 11.9. The van der Waals surface area contributed by atoms with Crippen molar-refractivity contribution >= 4 is 5.97 Å².